The number of carbonyl (C=O) groups is 2. The van der Waals surface area contributed by atoms with Crippen molar-refractivity contribution in [1.29, 1.82) is 0 Å². The van der Waals surface area contributed by atoms with Gasteiger partial charge in [0.05, 0.1) is 10.9 Å². The van der Waals surface area contributed by atoms with Gasteiger partial charge in [-0.3, -0.25) is 4.79 Å². The van der Waals surface area contributed by atoms with Crippen LogP contribution in [0.15, 0.2) is 24.5 Å². The summed E-state index contributed by atoms with van der Waals surface area (Å²) in [6, 6.07) is 1.52. The summed E-state index contributed by atoms with van der Waals surface area (Å²) in [4.78, 5) is 31.0. The van der Waals surface area contributed by atoms with Gasteiger partial charge in [0, 0.05) is 23.3 Å². The van der Waals surface area contributed by atoms with E-state index in [1.807, 2.05) is 13.8 Å². The lowest BCUT2D eigenvalue weighted by atomic mass is 10.2. The third-order valence-electron chi connectivity index (χ3n) is 2.83. The van der Waals surface area contributed by atoms with Crippen LogP contribution in [0.1, 0.15) is 38.9 Å². The lowest BCUT2D eigenvalue weighted by Crippen LogP contribution is -2.26. The molecule has 0 aromatic carbocycles. The predicted molar refractivity (Wildman–Crippen MR) is 80.2 cm³/mol. The van der Waals surface area contributed by atoms with Crippen LogP contribution in [0.25, 0.3) is 6.08 Å². The van der Waals surface area contributed by atoms with Crippen molar-refractivity contribution in [3.8, 4) is 0 Å². The molecule has 3 N–H and O–H groups in total. The first-order chi connectivity index (χ1) is 9.97. The van der Waals surface area contributed by atoms with Crippen molar-refractivity contribution in [3.63, 3.8) is 0 Å². The third-order valence-corrected chi connectivity index (χ3v) is 4.04. The van der Waals surface area contributed by atoms with Crippen LogP contribution in [0.2, 0.25) is 0 Å². The fourth-order valence-corrected chi connectivity index (χ4v) is 2.75. The highest BCUT2D eigenvalue weighted by atomic mass is 32.1. The van der Waals surface area contributed by atoms with E-state index >= 15 is 0 Å². The molecule has 0 aliphatic heterocycles. The van der Waals surface area contributed by atoms with E-state index in [0.717, 1.165) is 16.5 Å². The minimum absolute atomic E-state index is 0.207. The molecule has 1 amide bonds. The number of hydrogen-bond acceptors (Lipinski definition) is 4. The summed E-state index contributed by atoms with van der Waals surface area (Å²) >= 11 is 1.26. The van der Waals surface area contributed by atoms with Crippen LogP contribution < -0.4 is 5.32 Å². The Labute approximate surface area is 125 Å². The Balaban J connectivity index is 2.09. The highest BCUT2D eigenvalue weighted by molar-refractivity contribution is 7.15. The van der Waals surface area contributed by atoms with Gasteiger partial charge in [0.25, 0.3) is 5.91 Å². The Kier molecular flexibility index (Phi) is 4.54. The zero-order chi connectivity index (χ0) is 15.4. The number of hydrogen-bond donors (Lipinski definition) is 3. The summed E-state index contributed by atoms with van der Waals surface area (Å²) in [6.07, 6.45) is 5.88. The maximum Gasteiger partial charge on any atom is 0.328 e. The second-order valence-corrected chi connectivity index (χ2v) is 5.58. The Morgan fingerprint density at radius 1 is 1.52 bits per heavy atom. The maximum atomic E-state index is 12.2. The zero-order valence-corrected chi connectivity index (χ0v) is 12.4. The largest absolute Gasteiger partial charge is 0.478 e. The molecule has 2 heterocycles. The lowest BCUT2D eigenvalue weighted by molar-refractivity contribution is -0.131. The fraction of sp³-hybridized carbons (Fsp3) is 0.214. The molecule has 21 heavy (non-hydrogen) atoms. The summed E-state index contributed by atoms with van der Waals surface area (Å²) in [5, 5.41) is 11.5. The molecular weight excluding hydrogens is 290 g/mol. The van der Waals surface area contributed by atoms with Crippen molar-refractivity contribution >= 4 is 29.3 Å². The molecule has 0 fully saturated rings. The molecule has 110 valence electrons. The molecule has 7 heteroatoms. The molecule has 0 aliphatic rings. The van der Waals surface area contributed by atoms with Crippen LogP contribution in [0, 0.1) is 6.92 Å². The predicted octanol–water partition coefficient (Wildman–Crippen LogP) is 2.37. The van der Waals surface area contributed by atoms with Crippen LogP contribution in [-0.2, 0) is 4.79 Å². The second-order valence-electron chi connectivity index (χ2n) is 4.50. The minimum Gasteiger partial charge on any atom is -0.478 e. The number of H-pyrrole nitrogens is 1. The van der Waals surface area contributed by atoms with E-state index in [-0.39, 0.29) is 11.9 Å². The lowest BCUT2D eigenvalue weighted by Gasteiger charge is -2.10. The standard InChI is InChI=1S/C14H15N3O3S/c1-8-7-11(21-10(8)3-4-12(18)19)14(20)17-9(2)13-15-5-6-16-13/h3-7,9H,1-2H3,(H,15,16)(H,17,20)(H,18,19)/b4-3+. The van der Waals surface area contributed by atoms with E-state index in [1.54, 1.807) is 18.5 Å². The first kappa shape index (κ1) is 15.0. The van der Waals surface area contributed by atoms with Crippen molar-refractivity contribution < 1.29 is 14.7 Å². The smallest absolute Gasteiger partial charge is 0.328 e. The normalized spacial score (nSPS) is 12.5. The number of aromatic nitrogens is 2. The number of aryl methyl sites for hydroxylation is 1. The Hall–Kier alpha value is -2.41. The maximum absolute atomic E-state index is 12.2. The van der Waals surface area contributed by atoms with Gasteiger partial charge in [0.1, 0.15) is 5.82 Å². The molecule has 6 nitrogen and oxygen atoms in total. The molecule has 0 radical (unpaired) electrons. The van der Waals surface area contributed by atoms with Crippen LogP contribution in [-0.4, -0.2) is 27.0 Å². The number of amides is 1. The molecule has 0 aliphatic carbocycles. The van der Waals surface area contributed by atoms with Gasteiger partial charge in [-0.2, -0.15) is 0 Å². The molecule has 2 aromatic rings. The molecule has 0 spiro atoms. The highest BCUT2D eigenvalue weighted by Crippen LogP contribution is 2.24. The number of carboxylic acids is 1. The summed E-state index contributed by atoms with van der Waals surface area (Å²) in [6.45, 7) is 3.67. The average Bonchev–Trinajstić information content (AvgIpc) is 3.05. The molecular formula is C14H15N3O3S. The number of thiophene rings is 1. The Bertz CT molecular complexity index is 674. The second kappa shape index (κ2) is 6.36. The zero-order valence-electron chi connectivity index (χ0n) is 11.6. The summed E-state index contributed by atoms with van der Waals surface area (Å²) in [5.41, 5.74) is 0.869. The van der Waals surface area contributed by atoms with Crippen molar-refractivity contribution in [3.05, 3.63) is 45.7 Å². The number of aromatic amines is 1. The number of carboxylic acid groups (broad SMARTS) is 1. The SMILES string of the molecule is Cc1cc(C(=O)NC(C)c2ncc[nH]2)sc1/C=C/C(=O)O. The fourth-order valence-electron chi connectivity index (χ4n) is 1.77. The van der Waals surface area contributed by atoms with E-state index < -0.39 is 5.97 Å². The minimum atomic E-state index is -1.01. The molecule has 0 bridgehead atoms. The van der Waals surface area contributed by atoms with E-state index in [2.05, 4.69) is 15.3 Å². The molecule has 0 saturated carbocycles. The van der Waals surface area contributed by atoms with Crippen molar-refractivity contribution in [2.75, 3.05) is 0 Å². The number of rotatable bonds is 5. The van der Waals surface area contributed by atoms with E-state index in [4.69, 9.17) is 5.11 Å². The third kappa shape index (κ3) is 3.79. The van der Waals surface area contributed by atoms with Gasteiger partial charge >= 0.3 is 5.97 Å². The summed E-state index contributed by atoms with van der Waals surface area (Å²) in [7, 11) is 0. The number of nitrogens with one attached hydrogen (secondary N) is 2. The Morgan fingerprint density at radius 3 is 2.90 bits per heavy atom. The molecule has 2 aromatic heterocycles. The van der Waals surface area contributed by atoms with Crippen molar-refractivity contribution in [1.82, 2.24) is 15.3 Å². The summed E-state index contributed by atoms with van der Waals surface area (Å²) in [5.74, 6) is -0.537. The highest BCUT2D eigenvalue weighted by Gasteiger charge is 2.15. The van der Waals surface area contributed by atoms with Crippen molar-refractivity contribution in [2.45, 2.75) is 19.9 Å². The number of carbonyl (C=O) groups excluding carboxylic acids is 1. The molecule has 1 unspecified atom stereocenters. The van der Waals surface area contributed by atoms with Crippen LogP contribution in [0.4, 0.5) is 0 Å². The van der Waals surface area contributed by atoms with Crippen molar-refractivity contribution in [2.24, 2.45) is 0 Å². The first-order valence-electron chi connectivity index (χ1n) is 6.29. The number of nitrogens with zero attached hydrogens (tertiary/aromatic N) is 1. The molecule has 0 saturated heterocycles. The topological polar surface area (TPSA) is 95.1 Å². The van der Waals surface area contributed by atoms with Gasteiger partial charge in [0.15, 0.2) is 0 Å². The summed E-state index contributed by atoms with van der Waals surface area (Å²) < 4.78 is 0. The first-order valence-corrected chi connectivity index (χ1v) is 7.10. The van der Waals surface area contributed by atoms with Gasteiger partial charge in [0.2, 0.25) is 0 Å². The number of imidazole rings is 1. The van der Waals surface area contributed by atoms with Gasteiger partial charge in [-0.1, -0.05) is 0 Å². The molecule has 2 rings (SSSR count). The van der Waals surface area contributed by atoms with E-state index in [0.29, 0.717) is 10.7 Å². The van der Waals surface area contributed by atoms with Gasteiger partial charge < -0.3 is 15.4 Å². The van der Waals surface area contributed by atoms with Crippen LogP contribution in [0.5, 0.6) is 0 Å². The average molecular weight is 305 g/mol. The van der Waals surface area contributed by atoms with Gasteiger partial charge in [-0.15, -0.1) is 11.3 Å². The van der Waals surface area contributed by atoms with Crippen LogP contribution >= 0.6 is 11.3 Å². The van der Waals surface area contributed by atoms with Crippen LogP contribution in [0.3, 0.4) is 0 Å². The Morgan fingerprint density at radius 2 is 2.29 bits per heavy atom. The van der Waals surface area contributed by atoms with E-state index in [9.17, 15) is 9.59 Å². The van der Waals surface area contributed by atoms with E-state index in [1.165, 1.54) is 17.4 Å². The number of aliphatic carboxylic acids is 1. The monoisotopic (exact) mass is 305 g/mol. The van der Waals surface area contributed by atoms with Gasteiger partial charge in [-0.05, 0) is 31.6 Å². The molecule has 1 atom stereocenters. The quantitative estimate of drug-likeness (QED) is 0.739. The van der Waals surface area contributed by atoms with Gasteiger partial charge in [-0.25, -0.2) is 9.78 Å².